The van der Waals surface area contributed by atoms with Gasteiger partial charge in [0, 0.05) is 5.02 Å². The maximum atomic E-state index is 12.3. The molecule has 1 fully saturated rings. The van der Waals surface area contributed by atoms with Crippen LogP contribution in [0.5, 0.6) is 0 Å². The molecule has 1 aliphatic heterocycles. The van der Waals surface area contributed by atoms with E-state index in [0.29, 0.717) is 10.7 Å². The highest BCUT2D eigenvalue weighted by Gasteiger charge is 2.28. The molecule has 0 bridgehead atoms. The zero-order valence-corrected chi connectivity index (χ0v) is 10.5. The van der Waals surface area contributed by atoms with Crippen molar-refractivity contribution in [2.75, 3.05) is 18.5 Å². The standard InChI is InChI=1S/C11H11ClN4O3/c12-6-1-2-8(15-13)7(3-6)11(19)16-4-9(17)14-10(18)5-16/h1-3,15H,4-5,13H2,(H,14,17,18). The molecule has 0 aromatic heterocycles. The lowest BCUT2D eigenvalue weighted by Gasteiger charge is -2.26. The molecular formula is C11H11ClN4O3. The van der Waals surface area contributed by atoms with Gasteiger partial charge in [-0.25, -0.2) is 0 Å². The first-order chi connectivity index (χ1) is 9.01. The van der Waals surface area contributed by atoms with Gasteiger partial charge in [-0.05, 0) is 18.2 Å². The fourth-order valence-corrected chi connectivity index (χ4v) is 1.94. The Balaban J connectivity index is 2.31. The summed E-state index contributed by atoms with van der Waals surface area (Å²) in [6, 6.07) is 4.54. The topological polar surface area (TPSA) is 105 Å². The number of imide groups is 1. The van der Waals surface area contributed by atoms with Crippen molar-refractivity contribution in [3.05, 3.63) is 28.8 Å². The van der Waals surface area contributed by atoms with Gasteiger partial charge in [-0.2, -0.15) is 0 Å². The third kappa shape index (κ3) is 2.83. The summed E-state index contributed by atoms with van der Waals surface area (Å²) >= 11 is 5.83. The number of carbonyl (C=O) groups excluding carboxylic acids is 3. The van der Waals surface area contributed by atoms with E-state index >= 15 is 0 Å². The number of nitrogens with zero attached hydrogens (tertiary/aromatic N) is 1. The molecule has 100 valence electrons. The maximum absolute atomic E-state index is 12.3. The van der Waals surface area contributed by atoms with E-state index < -0.39 is 17.7 Å². The van der Waals surface area contributed by atoms with Crippen molar-refractivity contribution in [3.8, 4) is 0 Å². The first-order valence-corrected chi connectivity index (χ1v) is 5.77. The third-order valence-electron chi connectivity index (χ3n) is 2.60. The lowest BCUT2D eigenvalue weighted by Crippen LogP contribution is -2.53. The average molecular weight is 283 g/mol. The number of benzene rings is 1. The van der Waals surface area contributed by atoms with Crippen LogP contribution in [0.25, 0.3) is 0 Å². The summed E-state index contributed by atoms with van der Waals surface area (Å²) < 4.78 is 0. The molecule has 3 amide bonds. The van der Waals surface area contributed by atoms with Crippen molar-refractivity contribution in [1.82, 2.24) is 10.2 Å². The van der Waals surface area contributed by atoms with E-state index in [1.165, 1.54) is 6.07 Å². The Morgan fingerprint density at radius 1 is 1.32 bits per heavy atom. The molecule has 0 unspecified atom stereocenters. The minimum Gasteiger partial charge on any atom is -0.323 e. The smallest absolute Gasteiger partial charge is 0.256 e. The normalized spacial score (nSPS) is 15.2. The van der Waals surface area contributed by atoms with Crippen molar-refractivity contribution in [2.24, 2.45) is 5.84 Å². The van der Waals surface area contributed by atoms with E-state index in [4.69, 9.17) is 17.4 Å². The predicted octanol–water partition coefficient (Wildman–Crippen LogP) is -0.276. The third-order valence-corrected chi connectivity index (χ3v) is 2.84. The summed E-state index contributed by atoms with van der Waals surface area (Å²) in [6.45, 7) is -0.359. The van der Waals surface area contributed by atoms with Gasteiger partial charge in [0.2, 0.25) is 11.8 Å². The summed E-state index contributed by atoms with van der Waals surface area (Å²) in [6.07, 6.45) is 0. The second kappa shape index (κ2) is 5.25. The second-order valence-corrected chi connectivity index (χ2v) is 4.40. The van der Waals surface area contributed by atoms with Crippen molar-refractivity contribution < 1.29 is 14.4 Å². The molecule has 1 heterocycles. The molecule has 1 saturated heterocycles. The lowest BCUT2D eigenvalue weighted by atomic mass is 10.1. The number of hydrogen-bond donors (Lipinski definition) is 3. The van der Waals surface area contributed by atoms with E-state index in [9.17, 15) is 14.4 Å². The average Bonchev–Trinajstić information content (AvgIpc) is 2.36. The van der Waals surface area contributed by atoms with Crippen molar-refractivity contribution in [3.63, 3.8) is 0 Å². The molecule has 0 atom stereocenters. The van der Waals surface area contributed by atoms with Crippen molar-refractivity contribution in [2.45, 2.75) is 0 Å². The van der Waals surface area contributed by atoms with Gasteiger partial charge in [0.15, 0.2) is 0 Å². The van der Waals surface area contributed by atoms with Crippen molar-refractivity contribution >= 4 is 35.0 Å². The van der Waals surface area contributed by atoms with Gasteiger partial charge in [-0.3, -0.25) is 25.5 Å². The van der Waals surface area contributed by atoms with E-state index in [1.807, 2.05) is 0 Å². The molecule has 1 aliphatic rings. The molecule has 19 heavy (non-hydrogen) atoms. The quantitative estimate of drug-likeness (QED) is 0.393. The number of nitrogen functional groups attached to an aromatic ring is 1. The van der Waals surface area contributed by atoms with Crippen LogP contribution in [0.2, 0.25) is 5.02 Å². The number of piperazine rings is 1. The monoisotopic (exact) mass is 282 g/mol. The van der Waals surface area contributed by atoms with Crippen LogP contribution in [0.1, 0.15) is 10.4 Å². The number of halogens is 1. The zero-order chi connectivity index (χ0) is 14.0. The summed E-state index contributed by atoms with van der Waals surface area (Å²) in [5.41, 5.74) is 2.95. The van der Waals surface area contributed by atoms with Gasteiger partial charge in [0.1, 0.15) is 13.1 Å². The minimum atomic E-state index is -0.520. The molecule has 1 aromatic carbocycles. The van der Waals surface area contributed by atoms with Gasteiger partial charge >= 0.3 is 0 Å². The number of nitrogens with two attached hydrogens (primary N) is 1. The largest absolute Gasteiger partial charge is 0.323 e. The van der Waals surface area contributed by atoms with Crippen molar-refractivity contribution in [1.29, 1.82) is 0 Å². The SMILES string of the molecule is NNc1ccc(Cl)cc1C(=O)N1CC(=O)NC(=O)C1. The zero-order valence-electron chi connectivity index (χ0n) is 9.77. The predicted molar refractivity (Wildman–Crippen MR) is 68.3 cm³/mol. The van der Waals surface area contributed by atoms with Crippen LogP contribution < -0.4 is 16.6 Å². The molecule has 0 spiro atoms. The summed E-state index contributed by atoms with van der Waals surface area (Å²) in [7, 11) is 0. The Hall–Kier alpha value is -2.12. The van der Waals surface area contributed by atoms with Crippen LogP contribution in [-0.4, -0.2) is 35.7 Å². The number of carbonyl (C=O) groups is 3. The Morgan fingerprint density at radius 3 is 2.53 bits per heavy atom. The maximum Gasteiger partial charge on any atom is 0.256 e. The number of nitrogens with one attached hydrogen (secondary N) is 2. The summed E-state index contributed by atoms with van der Waals surface area (Å²) in [5.74, 6) is 3.79. The van der Waals surface area contributed by atoms with Gasteiger partial charge in [0.25, 0.3) is 5.91 Å². The fraction of sp³-hybridized carbons (Fsp3) is 0.182. The molecule has 0 aliphatic carbocycles. The van der Waals surface area contributed by atoms with Gasteiger partial charge in [-0.1, -0.05) is 11.6 Å². The van der Waals surface area contributed by atoms with Gasteiger partial charge < -0.3 is 10.3 Å². The number of anilines is 1. The number of hydrazine groups is 1. The van der Waals surface area contributed by atoms with E-state index in [1.54, 1.807) is 12.1 Å². The van der Waals surface area contributed by atoms with E-state index in [2.05, 4.69) is 10.7 Å². The molecular weight excluding hydrogens is 272 g/mol. The minimum absolute atomic E-state index is 0.179. The van der Waals surface area contributed by atoms with Crippen LogP contribution in [0.15, 0.2) is 18.2 Å². The molecule has 8 heteroatoms. The molecule has 0 radical (unpaired) electrons. The first-order valence-electron chi connectivity index (χ1n) is 5.39. The number of rotatable bonds is 2. The highest BCUT2D eigenvalue weighted by molar-refractivity contribution is 6.31. The Morgan fingerprint density at radius 2 is 1.95 bits per heavy atom. The van der Waals surface area contributed by atoms with Gasteiger partial charge in [-0.15, -0.1) is 0 Å². The molecule has 0 saturated carbocycles. The van der Waals surface area contributed by atoms with Crippen LogP contribution >= 0.6 is 11.6 Å². The second-order valence-electron chi connectivity index (χ2n) is 3.97. The summed E-state index contributed by atoms with van der Waals surface area (Å²) in [5, 5.41) is 2.47. The number of amides is 3. The molecule has 2 rings (SSSR count). The van der Waals surface area contributed by atoms with Crippen LogP contribution in [-0.2, 0) is 9.59 Å². The lowest BCUT2D eigenvalue weighted by molar-refractivity contribution is -0.135. The Bertz CT molecular complexity index is 545. The van der Waals surface area contributed by atoms with Crippen LogP contribution in [0.3, 0.4) is 0 Å². The Labute approximate surface area is 113 Å². The highest BCUT2D eigenvalue weighted by Crippen LogP contribution is 2.21. The molecule has 1 aromatic rings. The van der Waals surface area contributed by atoms with E-state index in [0.717, 1.165) is 4.90 Å². The Kier molecular flexibility index (Phi) is 3.68. The van der Waals surface area contributed by atoms with Crippen LogP contribution in [0, 0.1) is 0 Å². The van der Waals surface area contributed by atoms with Gasteiger partial charge in [0.05, 0.1) is 11.3 Å². The molecule has 4 N–H and O–H groups in total. The fourth-order valence-electron chi connectivity index (χ4n) is 1.77. The molecule has 7 nitrogen and oxygen atoms in total. The first kappa shape index (κ1) is 13.3. The van der Waals surface area contributed by atoms with E-state index in [-0.39, 0.29) is 18.7 Å². The van der Waals surface area contributed by atoms with Crippen LogP contribution in [0.4, 0.5) is 5.69 Å². The highest BCUT2D eigenvalue weighted by atomic mass is 35.5. The summed E-state index contributed by atoms with van der Waals surface area (Å²) in [4.78, 5) is 35.9. The number of hydrogen-bond acceptors (Lipinski definition) is 5.